The number of nitrogens with two attached hydrogens (primary N) is 1. The summed E-state index contributed by atoms with van der Waals surface area (Å²) in [6.07, 6.45) is 2.80. The van der Waals surface area contributed by atoms with Crippen molar-refractivity contribution in [2.45, 2.75) is 18.5 Å². The SMILES string of the molecule is NC1CC1Nc1cnnc2ccccc12. The Kier molecular flexibility index (Phi) is 1.82. The maximum absolute atomic E-state index is 5.76. The second kappa shape index (κ2) is 3.17. The summed E-state index contributed by atoms with van der Waals surface area (Å²) in [7, 11) is 0. The lowest BCUT2D eigenvalue weighted by molar-refractivity contribution is 0.999. The van der Waals surface area contributed by atoms with Crippen LogP contribution in [0.5, 0.6) is 0 Å². The van der Waals surface area contributed by atoms with E-state index < -0.39 is 0 Å². The molecule has 1 aliphatic carbocycles. The van der Waals surface area contributed by atoms with Crippen molar-refractivity contribution in [3.63, 3.8) is 0 Å². The maximum atomic E-state index is 5.76. The lowest BCUT2D eigenvalue weighted by atomic mass is 10.2. The molecule has 15 heavy (non-hydrogen) atoms. The quantitative estimate of drug-likeness (QED) is 0.763. The molecule has 1 fully saturated rings. The first-order valence-electron chi connectivity index (χ1n) is 5.07. The second-order valence-electron chi connectivity index (χ2n) is 3.93. The number of hydrogen-bond donors (Lipinski definition) is 2. The summed E-state index contributed by atoms with van der Waals surface area (Å²) >= 11 is 0. The molecule has 4 nitrogen and oxygen atoms in total. The molecular formula is C11H12N4. The fourth-order valence-electron chi connectivity index (χ4n) is 1.70. The van der Waals surface area contributed by atoms with Crippen LogP contribution in [0.1, 0.15) is 6.42 Å². The van der Waals surface area contributed by atoms with Gasteiger partial charge in [-0.25, -0.2) is 0 Å². The Morgan fingerprint density at radius 2 is 2.13 bits per heavy atom. The Bertz CT molecular complexity index is 491. The summed E-state index contributed by atoms with van der Waals surface area (Å²) in [6, 6.07) is 8.65. The summed E-state index contributed by atoms with van der Waals surface area (Å²) in [5.74, 6) is 0. The first-order chi connectivity index (χ1) is 7.34. The Morgan fingerprint density at radius 1 is 1.33 bits per heavy atom. The minimum Gasteiger partial charge on any atom is -0.379 e. The zero-order valence-electron chi connectivity index (χ0n) is 8.22. The molecule has 76 valence electrons. The third kappa shape index (κ3) is 1.53. The number of nitrogens with one attached hydrogen (secondary N) is 1. The van der Waals surface area contributed by atoms with E-state index in [1.54, 1.807) is 6.20 Å². The van der Waals surface area contributed by atoms with Crippen LogP contribution in [0, 0.1) is 0 Å². The largest absolute Gasteiger partial charge is 0.379 e. The van der Waals surface area contributed by atoms with Gasteiger partial charge in [0.1, 0.15) is 0 Å². The zero-order valence-corrected chi connectivity index (χ0v) is 8.22. The van der Waals surface area contributed by atoms with Gasteiger partial charge in [0.25, 0.3) is 0 Å². The Labute approximate surface area is 87.5 Å². The van der Waals surface area contributed by atoms with Gasteiger partial charge in [0.15, 0.2) is 0 Å². The molecule has 1 aliphatic rings. The van der Waals surface area contributed by atoms with Crippen molar-refractivity contribution in [3.05, 3.63) is 30.5 Å². The van der Waals surface area contributed by atoms with Crippen molar-refractivity contribution in [1.29, 1.82) is 0 Å². The molecule has 1 aromatic carbocycles. The van der Waals surface area contributed by atoms with Crippen LogP contribution >= 0.6 is 0 Å². The van der Waals surface area contributed by atoms with Crippen LogP contribution < -0.4 is 11.1 Å². The highest BCUT2D eigenvalue weighted by atomic mass is 15.1. The standard InChI is InChI=1S/C11H12N4/c12-8-5-10(8)14-11-6-13-15-9-4-2-1-3-7(9)11/h1-4,6,8,10H,5,12H2,(H,14,15). The average molecular weight is 200 g/mol. The predicted molar refractivity (Wildman–Crippen MR) is 59.5 cm³/mol. The fraction of sp³-hybridized carbons (Fsp3) is 0.273. The highest BCUT2D eigenvalue weighted by Gasteiger charge is 2.33. The molecule has 2 unspecified atom stereocenters. The molecule has 1 heterocycles. The molecule has 3 rings (SSSR count). The van der Waals surface area contributed by atoms with E-state index >= 15 is 0 Å². The van der Waals surface area contributed by atoms with Gasteiger partial charge in [-0.15, -0.1) is 0 Å². The molecule has 2 aromatic rings. The summed E-state index contributed by atoms with van der Waals surface area (Å²) in [5.41, 5.74) is 7.70. The van der Waals surface area contributed by atoms with Crippen LogP contribution in [-0.2, 0) is 0 Å². The van der Waals surface area contributed by atoms with Gasteiger partial charge < -0.3 is 11.1 Å². The number of benzene rings is 1. The molecule has 1 aromatic heterocycles. The van der Waals surface area contributed by atoms with E-state index in [1.165, 1.54) is 0 Å². The van der Waals surface area contributed by atoms with Crippen LogP contribution in [0.3, 0.4) is 0 Å². The molecule has 0 radical (unpaired) electrons. The smallest absolute Gasteiger partial charge is 0.0950 e. The van der Waals surface area contributed by atoms with Crippen LogP contribution in [0.25, 0.3) is 10.9 Å². The van der Waals surface area contributed by atoms with Crippen LogP contribution in [0.15, 0.2) is 30.5 Å². The molecule has 2 atom stereocenters. The van der Waals surface area contributed by atoms with E-state index in [-0.39, 0.29) is 6.04 Å². The van der Waals surface area contributed by atoms with Crippen LogP contribution in [-0.4, -0.2) is 22.3 Å². The van der Waals surface area contributed by atoms with Gasteiger partial charge in [0.05, 0.1) is 17.4 Å². The lowest BCUT2D eigenvalue weighted by Gasteiger charge is -2.06. The molecular weight excluding hydrogens is 188 g/mol. The molecule has 0 saturated heterocycles. The molecule has 0 amide bonds. The average Bonchev–Trinajstić information content (AvgIpc) is 2.95. The van der Waals surface area contributed by atoms with Gasteiger partial charge in [-0.3, -0.25) is 0 Å². The van der Waals surface area contributed by atoms with Gasteiger partial charge in [-0.1, -0.05) is 18.2 Å². The molecule has 0 aliphatic heterocycles. The first kappa shape index (κ1) is 8.61. The highest BCUT2D eigenvalue weighted by molar-refractivity contribution is 5.90. The Morgan fingerprint density at radius 3 is 2.93 bits per heavy atom. The Balaban J connectivity index is 2.02. The number of fused-ring (bicyclic) bond motifs is 1. The molecule has 0 bridgehead atoms. The van der Waals surface area contributed by atoms with Crippen LogP contribution in [0.2, 0.25) is 0 Å². The summed E-state index contributed by atoms with van der Waals surface area (Å²) < 4.78 is 0. The number of nitrogens with zero attached hydrogens (tertiary/aromatic N) is 2. The minimum atomic E-state index is 0.289. The maximum Gasteiger partial charge on any atom is 0.0950 e. The molecule has 3 N–H and O–H groups in total. The van der Waals surface area contributed by atoms with E-state index in [9.17, 15) is 0 Å². The van der Waals surface area contributed by atoms with E-state index in [0.29, 0.717) is 6.04 Å². The Hall–Kier alpha value is -1.68. The molecule has 0 spiro atoms. The van der Waals surface area contributed by atoms with Gasteiger partial charge in [0, 0.05) is 17.5 Å². The van der Waals surface area contributed by atoms with Gasteiger partial charge in [-0.2, -0.15) is 10.2 Å². The molecule has 4 heteroatoms. The first-order valence-corrected chi connectivity index (χ1v) is 5.07. The lowest BCUT2D eigenvalue weighted by Crippen LogP contribution is -2.13. The normalized spacial score (nSPS) is 24.1. The molecule has 1 saturated carbocycles. The zero-order chi connectivity index (χ0) is 10.3. The number of hydrogen-bond acceptors (Lipinski definition) is 4. The third-order valence-electron chi connectivity index (χ3n) is 2.73. The van der Waals surface area contributed by atoms with Crippen molar-refractivity contribution in [2.75, 3.05) is 5.32 Å². The third-order valence-corrected chi connectivity index (χ3v) is 2.73. The van der Waals surface area contributed by atoms with Crippen molar-refractivity contribution in [1.82, 2.24) is 10.2 Å². The van der Waals surface area contributed by atoms with Crippen molar-refractivity contribution in [3.8, 4) is 0 Å². The monoisotopic (exact) mass is 200 g/mol. The topological polar surface area (TPSA) is 63.8 Å². The van der Waals surface area contributed by atoms with E-state index in [2.05, 4.69) is 15.5 Å². The second-order valence-corrected chi connectivity index (χ2v) is 3.93. The van der Waals surface area contributed by atoms with Gasteiger partial charge in [-0.05, 0) is 12.5 Å². The van der Waals surface area contributed by atoms with Crippen molar-refractivity contribution < 1.29 is 0 Å². The van der Waals surface area contributed by atoms with Gasteiger partial charge >= 0.3 is 0 Å². The number of rotatable bonds is 2. The van der Waals surface area contributed by atoms with E-state index in [1.807, 2.05) is 24.3 Å². The van der Waals surface area contributed by atoms with E-state index in [0.717, 1.165) is 23.0 Å². The minimum absolute atomic E-state index is 0.289. The fourth-order valence-corrected chi connectivity index (χ4v) is 1.70. The highest BCUT2D eigenvalue weighted by Crippen LogP contribution is 2.27. The van der Waals surface area contributed by atoms with Crippen LogP contribution in [0.4, 0.5) is 5.69 Å². The van der Waals surface area contributed by atoms with Crippen molar-refractivity contribution >= 4 is 16.6 Å². The predicted octanol–water partition coefficient (Wildman–Crippen LogP) is 1.14. The van der Waals surface area contributed by atoms with E-state index in [4.69, 9.17) is 5.73 Å². The number of anilines is 1. The van der Waals surface area contributed by atoms with Gasteiger partial charge in [0.2, 0.25) is 0 Å². The number of aromatic nitrogens is 2. The summed E-state index contributed by atoms with van der Waals surface area (Å²) in [5, 5.41) is 12.5. The summed E-state index contributed by atoms with van der Waals surface area (Å²) in [6.45, 7) is 0. The van der Waals surface area contributed by atoms with Crippen molar-refractivity contribution in [2.24, 2.45) is 5.73 Å². The summed E-state index contributed by atoms with van der Waals surface area (Å²) in [4.78, 5) is 0.